The molecule has 0 N–H and O–H groups in total. The third kappa shape index (κ3) is 2.01. The summed E-state index contributed by atoms with van der Waals surface area (Å²) in [7, 11) is 0. The first kappa shape index (κ1) is 9.40. The molecule has 0 spiro atoms. The number of Topliss-reactive ketones (excluding diaryl/α,β-unsaturated/α-hetero) is 1. The Hall–Kier alpha value is -1.16. The van der Waals surface area contributed by atoms with Gasteiger partial charge in [0.1, 0.15) is 0 Å². The highest BCUT2D eigenvalue weighted by molar-refractivity contribution is 6.30. The third-order valence-electron chi connectivity index (χ3n) is 2.18. The molecule has 1 aliphatic rings. The van der Waals surface area contributed by atoms with Gasteiger partial charge in [0, 0.05) is 12.1 Å². The smallest absolute Gasteiger partial charge is 0.297 e. The van der Waals surface area contributed by atoms with E-state index >= 15 is 0 Å². The Balaban J connectivity index is 2.18. The summed E-state index contributed by atoms with van der Waals surface area (Å²) in [6.45, 7) is 0.0943. The minimum absolute atomic E-state index is 0.0937. The molecular weight excluding hydrogens is 204 g/mol. The van der Waals surface area contributed by atoms with Crippen LogP contribution in [0.3, 0.4) is 0 Å². The molecule has 1 aromatic heterocycles. The second kappa shape index (κ2) is 3.53. The van der Waals surface area contributed by atoms with Crippen LogP contribution in [0.1, 0.15) is 12.8 Å². The maximum Gasteiger partial charge on any atom is 0.348 e. The average Bonchev–Trinajstić information content (AvgIpc) is 2.94. The molecule has 0 radical (unpaired) electrons. The SMILES string of the molecule is O=C(Cn1cc(Cl)cnc1=O)C1CC1. The van der Waals surface area contributed by atoms with Gasteiger partial charge in [0.05, 0.1) is 17.8 Å². The van der Waals surface area contributed by atoms with Gasteiger partial charge in [-0.25, -0.2) is 9.78 Å². The second-order valence-corrected chi connectivity index (χ2v) is 3.86. The molecular formula is C9H9ClN2O2. The van der Waals surface area contributed by atoms with Crippen LogP contribution in [0.4, 0.5) is 0 Å². The van der Waals surface area contributed by atoms with E-state index in [1.54, 1.807) is 0 Å². The highest BCUT2D eigenvalue weighted by atomic mass is 35.5. The molecule has 2 rings (SSSR count). The monoisotopic (exact) mass is 212 g/mol. The van der Waals surface area contributed by atoms with E-state index in [2.05, 4.69) is 4.98 Å². The molecule has 1 saturated carbocycles. The van der Waals surface area contributed by atoms with Gasteiger partial charge in [-0.2, -0.15) is 0 Å². The standard InChI is InChI=1S/C9H9ClN2O2/c10-7-3-11-9(14)12(4-7)5-8(13)6-1-2-6/h3-4,6H,1-2,5H2. The minimum atomic E-state index is -0.427. The number of aromatic nitrogens is 2. The molecule has 74 valence electrons. The van der Waals surface area contributed by atoms with Gasteiger partial charge in [-0.05, 0) is 12.8 Å². The number of carbonyl (C=O) groups is 1. The molecule has 1 aliphatic carbocycles. The summed E-state index contributed by atoms with van der Waals surface area (Å²) in [5, 5.41) is 0.369. The molecule has 1 heterocycles. The van der Waals surface area contributed by atoms with Crippen LogP contribution in [0, 0.1) is 5.92 Å². The molecule has 0 amide bonds. The highest BCUT2D eigenvalue weighted by Crippen LogP contribution is 2.30. The fraction of sp³-hybridized carbons (Fsp3) is 0.444. The molecule has 0 saturated heterocycles. The number of nitrogens with zero attached hydrogens (tertiary/aromatic N) is 2. The van der Waals surface area contributed by atoms with Crippen LogP contribution in [0.25, 0.3) is 0 Å². The van der Waals surface area contributed by atoms with Gasteiger partial charge in [0.2, 0.25) is 0 Å². The lowest BCUT2D eigenvalue weighted by molar-refractivity contribution is -0.120. The fourth-order valence-corrected chi connectivity index (χ4v) is 1.41. The summed E-state index contributed by atoms with van der Waals surface area (Å²) in [4.78, 5) is 26.1. The first-order valence-corrected chi connectivity index (χ1v) is 4.79. The molecule has 0 aromatic carbocycles. The lowest BCUT2D eigenvalue weighted by Crippen LogP contribution is -2.26. The van der Waals surface area contributed by atoms with Gasteiger partial charge in [-0.3, -0.25) is 9.36 Å². The number of halogens is 1. The molecule has 5 heteroatoms. The highest BCUT2D eigenvalue weighted by Gasteiger charge is 2.29. The summed E-state index contributed by atoms with van der Waals surface area (Å²) >= 11 is 5.66. The van der Waals surface area contributed by atoms with Crippen molar-refractivity contribution in [3.63, 3.8) is 0 Å². The summed E-state index contributed by atoms with van der Waals surface area (Å²) in [5.41, 5.74) is -0.427. The first-order valence-electron chi connectivity index (χ1n) is 4.41. The van der Waals surface area contributed by atoms with Crippen LogP contribution in [0.5, 0.6) is 0 Å². The van der Waals surface area contributed by atoms with E-state index in [1.165, 1.54) is 17.0 Å². The topological polar surface area (TPSA) is 52.0 Å². The zero-order chi connectivity index (χ0) is 10.1. The predicted molar refractivity (Wildman–Crippen MR) is 51.2 cm³/mol. The second-order valence-electron chi connectivity index (χ2n) is 3.42. The van der Waals surface area contributed by atoms with Crippen molar-refractivity contribution in [2.75, 3.05) is 0 Å². The largest absolute Gasteiger partial charge is 0.348 e. The Morgan fingerprint density at radius 1 is 1.64 bits per heavy atom. The third-order valence-corrected chi connectivity index (χ3v) is 2.38. The number of hydrogen-bond donors (Lipinski definition) is 0. The Bertz CT molecular complexity index is 423. The summed E-state index contributed by atoms with van der Waals surface area (Å²) in [5.74, 6) is 0.247. The van der Waals surface area contributed by atoms with Gasteiger partial charge in [-0.15, -0.1) is 0 Å². The lowest BCUT2D eigenvalue weighted by atomic mass is 10.2. The molecule has 14 heavy (non-hydrogen) atoms. The Labute approximate surface area is 85.5 Å². The van der Waals surface area contributed by atoms with E-state index in [0.29, 0.717) is 5.02 Å². The van der Waals surface area contributed by atoms with Crippen LogP contribution in [-0.4, -0.2) is 15.3 Å². The number of hydrogen-bond acceptors (Lipinski definition) is 3. The van der Waals surface area contributed by atoms with Crippen LogP contribution in [0.15, 0.2) is 17.2 Å². The normalized spacial score (nSPS) is 15.5. The van der Waals surface area contributed by atoms with E-state index in [9.17, 15) is 9.59 Å². The van der Waals surface area contributed by atoms with Crippen LogP contribution in [-0.2, 0) is 11.3 Å². The van der Waals surface area contributed by atoms with Crippen molar-refractivity contribution in [2.24, 2.45) is 5.92 Å². The summed E-state index contributed by atoms with van der Waals surface area (Å²) in [6.07, 6.45) is 4.61. The van der Waals surface area contributed by atoms with Crippen molar-refractivity contribution in [1.82, 2.24) is 9.55 Å². The quantitative estimate of drug-likeness (QED) is 0.747. The van der Waals surface area contributed by atoms with E-state index in [-0.39, 0.29) is 18.2 Å². The van der Waals surface area contributed by atoms with Crippen LogP contribution < -0.4 is 5.69 Å². The van der Waals surface area contributed by atoms with Crippen molar-refractivity contribution >= 4 is 17.4 Å². The predicted octanol–water partition coefficient (Wildman–Crippen LogP) is 0.876. The zero-order valence-corrected chi connectivity index (χ0v) is 8.20. The zero-order valence-electron chi connectivity index (χ0n) is 7.44. The Morgan fingerprint density at radius 3 is 3.00 bits per heavy atom. The maximum absolute atomic E-state index is 11.4. The van der Waals surface area contributed by atoms with E-state index < -0.39 is 5.69 Å². The molecule has 4 nitrogen and oxygen atoms in total. The average molecular weight is 213 g/mol. The summed E-state index contributed by atoms with van der Waals surface area (Å²) < 4.78 is 1.25. The van der Waals surface area contributed by atoms with Gasteiger partial charge in [-0.1, -0.05) is 11.6 Å². The van der Waals surface area contributed by atoms with Crippen molar-refractivity contribution in [1.29, 1.82) is 0 Å². The van der Waals surface area contributed by atoms with Crippen molar-refractivity contribution in [2.45, 2.75) is 19.4 Å². The first-order chi connectivity index (χ1) is 6.66. The maximum atomic E-state index is 11.4. The van der Waals surface area contributed by atoms with E-state index in [4.69, 9.17) is 11.6 Å². The van der Waals surface area contributed by atoms with E-state index in [1.807, 2.05) is 0 Å². The molecule has 0 atom stereocenters. The number of rotatable bonds is 3. The van der Waals surface area contributed by atoms with Gasteiger partial charge in [0.15, 0.2) is 5.78 Å². The van der Waals surface area contributed by atoms with Gasteiger partial charge < -0.3 is 0 Å². The fourth-order valence-electron chi connectivity index (χ4n) is 1.24. The van der Waals surface area contributed by atoms with Crippen molar-refractivity contribution in [3.05, 3.63) is 27.9 Å². The molecule has 0 bridgehead atoms. The van der Waals surface area contributed by atoms with Crippen molar-refractivity contribution in [3.8, 4) is 0 Å². The van der Waals surface area contributed by atoms with Crippen LogP contribution in [0.2, 0.25) is 5.02 Å². The minimum Gasteiger partial charge on any atom is -0.297 e. The molecule has 0 aliphatic heterocycles. The Kier molecular flexibility index (Phi) is 2.37. The number of carbonyl (C=O) groups excluding carboxylic acids is 1. The van der Waals surface area contributed by atoms with Crippen LogP contribution >= 0.6 is 11.6 Å². The van der Waals surface area contributed by atoms with Crippen molar-refractivity contribution < 1.29 is 4.79 Å². The van der Waals surface area contributed by atoms with Gasteiger partial charge in [0.25, 0.3) is 0 Å². The molecule has 1 aromatic rings. The van der Waals surface area contributed by atoms with Gasteiger partial charge >= 0.3 is 5.69 Å². The molecule has 1 fully saturated rings. The van der Waals surface area contributed by atoms with E-state index in [0.717, 1.165) is 12.8 Å². The molecule has 0 unspecified atom stereocenters. The lowest BCUT2D eigenvalue weighted by Gasteiger charge is -2.02. The summed E-state index contributed by atoms with van der Waals surface area (Å²) in [6, 6.07) is 0. The number of ketones is 1. The Morgan fingerprint density at radius 2 is 2.36 bits per heavy atom.